The maximum Gasteiger partial charge on any atom is 0.371 e. The number of rotatable bonds is 9. The van der Waals surface area contributed by atoms with Crippen molar-refractivity contribution in [3.63, 3.8) is 0 Å². The Balaban J connectivity index is 1.73. The number of benzene rings is 1. The van der Waals surface area contributed by atoms with Crippen LogP contribution in [0.25, 0.3) is 0 Å². The van der Waals surface area contributed by atoms with Crippen LogP contribution < -0.4 is 10.1 Å². The van der Waals surface area contributed by atoms with Gasteiger partial charge in [0.25, 0.3) is 5.91 Å². The largest absolute Gasteiger partial charge is 0.486 e. The van der Waals surface area contributed by atoms with Crippen molar-refractivity contribution in [2.24, 2.45) is 0 Å². The Kier molecular flexibility index (Phi) is 6.61. The van der Waals surface area contributed by atoms with Gasteiger partial charge < -0.3 is 34.3 Å². The van der Waals surface area contributed by atoms with Crippen molar-refractivity contribution in [1.82, 2.24) is 4.90 Å². The number of anilines is 1. The minimum Gasteiger partial charge on any atom is -0.486 e. The maximum absolute atomic E-state index is 12.6. The summed E-state index contributed by atoms with van der Waals surface area (Å²) >= 11 is 0. The van der Waals surface area contributed by atoms with Crippen LogP contribution >= 0.6 is 0 Å². The molecule has 1 aromatic carbocycles. The minimum atomic E-state index is -1.16. The van der Waals surface area contributed by atoms with Crippen LogP contribution in [-0.4, -0.2) is 59.8 Å². The lowest BCUT2D eigenvalue weighted by Gasteiger charge is -2.16. The summed E-state index contributed by atoms with van der Waals surface area (Å²) in [5.74, 6) is -1.46. The molecule has 0 spiro atoms. The van der Waals surface area contributed by atoms with Crippen molar-refractivity contribution < 1.29 is 38.5 Å². The van der Waals surface area contributed by atoms with E-state index in [1.165, 1.54) is 24.1 Å². The molecular formula is C21H22N2O8. The first kappa shape index (κ1) is 21.9. The molecule has 1 amide bonds. The summed E-state index contributed by atoms with van der Waals surface area (Å²) in [5, 5.41) is 21.0. The monoisotopic (exact) mass is 430 g/mol. The summed E-state index contributed by atoms with van der Waals surface area (Å²) in [6.07, 6.45) is 0. The highest BCUT2D eigenvalue weighted by Crippen LogP contribution is 2.27. The molecule has 0 unspecified atom stereocenters. The number of aryl methyl sites for hydroxylation is 1. The number of ether oxygens (including phenoxy) is 2. The Labute approximate surface area is 177 Å². The first-order valence-electron chi connectivity index (χ1n) is 9.38. The highest BCUT2D eigenvalue weighted by Gasteiger charge is 2.34. The molecule has 0 radical (unpaired) electrons. The van der Waals surface area contributed by atoms with Gasteiger partial charge in [-0.05, 0) is 42.8 Å². The van der Waals surface area contributed by atoms with Crippen LogP contribution in [0.3, 0.4) is 0 Å². The fraction of sp³-hybridized carbons (Fsp3) is 0.286. The maximum atomic E-state index is 12.6. The highest BCUT2D eigenvalue weighted by molar-refractivity contribution is 6.08. The van der Waals surface area contributed by atoms with E-state index < -0.39 is 17.8 Å². The van der Waals surface area contributed by atoms with E-state index in [4.69, 9.17) is 24.1 Å². The summed E-state index contributed by atoms with van der Waals surface area (Å²) in [4.78, 5) is 36.9. The Morgan fingerprint density at radius 2 is 2.03 bits per heavy atom. The van der Waals surface area contributed by atoms with Gasteiger partial charge in [-0.3, -0.25) is 4.79 Å². The fourth-order valence-electron chi connectivity index (χ4n) is 3.07. The number of carbonyl (C=O) groups excluding carboxylic acids is 2. The molecule has 164 valence electrons. The van der Waals surface area contributed by atoms with Gasteiger partial charge in [0.15, 0.2) is 0 Å². The second kappa shape index (κ2) is 9.35. The minimum absolute atomic E-state index is 0.0474. The standard InChI is InChI=1S/C21H22N2O8/c1-12-9-13(30-11-14-4-6-17(31-14)20(26)27)3-5-16(12)22-18-15(21(28)29-2)10-23(7-8-24)19(18)25/h3-6,9,22,24H,7-8,10-11H2,1-2H3,(H,26,27). The Bertz CT molecular complexity index is 1040. The number of aromatic carboxylic acids is 1. The van der Waals surface area contributed by atoms with E-state index in [0.29, 0.717) is 17.2 Å². The lowest BCUT2D eigenvalue weighted by atomic mass is 10.1. The molecule has 3 N–H and O–H groups in total. The van der Waals surface area contributed by atoms with Crippen LogP contribution in [0.1, 0.15) is 21.9 Å². The number of hydrogen-bond donors (Lipinski definition) is 3. The lowest BCUT2D eigenvalue weighted by molar-refractivity contribution is -0.136. The molecule has 1 aromatic heterocycles. The summed E-state index contributed by atoms with van der Waals surface area (Å²) in [5.41, 5.74) is 1.63. The van der Waals surface area contributed by atoms with Crippen molar-refractivity contribution in [2.75, 3.05) is 32.1 Å². The number of hydrogen-bond acceptors (Lipinski definition) is 8. The molecule has 1 aliphatic rings. The number of carboxylic acids is 1. The molecule has 0 saturated carbocycles. The average molecular weight is 430 g/mol. The third-order valence-corrected chi connectivity index (χ3v) is 4.66. The molecular weight excluding hydrogens is 408 g/mol. The van der Waals surface area contributed by atoms with Gasteiger partial charge >= 0.3 is 11.9 Å². The molecule has 0 saturated heterocycles. The molecule has 2 heterocycles. The highest BCUT2D eigenvalue weighted by atomic mass is 16.5. The number of aliphatic hydroxyl groups is 1. The number of nitrogens with one attached hydrogen (secondary N) is 1. The number of esters is 1. The summed E-state index contributed by atoms with van der Waals surface area (Å²) in [6.45, 7) is 1.78. The van der Waals surface area contributed by atoms with Gasteiger partial charge in [0.05, 0.1) is 25.8 Å². The molecule has 31 heavy (non-hydrogen) atoms. The first-order valence-corrected chi connectivity index (χ1v) is 9.38. The predicted molar refractivity (Wildman–Crippen MR) is 108 cm³/mol. The number of β-amino-alcohol motifs (C(OH)–C–C–N with tert-alkyl or cyclic N) is 1. The second-order valence-electron chi connectivity index (χ2n) is 6.76. The van der Waals surface area contributed by atoms with E-state index in [0.717, 1.165) is 5.56 Å². The van der Waals surface area contributed by atoms with E-state index in [1.807, 2.05) is 0 Å². The van der Waals surface area contributed by atoms with Crippen molar-refractivity contribution in [1.29, 1.82) is 0 Å². The second-order valence-corrected chi connectivity index (χ2v) is 6.76. The van der Waals surface area contributed by atoms with Crippen molar-refractivity contribution in [3.05, 3.63) is 58.7 Å². The normalized spacial score (nSPS) is 13.5. The number of carboxylic acid groups (broad SMARTS) is 1. The van der Waals surface area contributed by atoms with Gasteiger partial charge in [0.2, 0.25) is 5.76 Å². The van der Waals surface area contributed by atoms with Gasteiger partial charge in [0, 0.05) is 12.2 Å². The Morgan fingerprint density at radius 3 is 2.65 bits per heavy atom. The fourth-order valence-corrected chi connectivity index (χ4v) is 3.07. The number of carbonyl (C=O) groups is 3. The van der Waals surface area contributed by atoms with Gasteiger partial charge in [-0.25, -0.2) is 9.59 Å². The van der Waals surface area contributed by atoms with Crippen LogP contribution in [0, 0.1) is 6.92 Å². The van der Waals surface area contributed by atoms with Crippen molar-refractivity contribution >= 4 is 23.5 Å². The van der Waals surface area contributed by atoms with Gasteiger partial charge in [-0.2, -0.15) is 0 Å². The smallest absolute Gasteiger partial charge is 0.371 e. The van der Waals surface area contributed by atoms with E-state index in [-0.39, 0.29) is 43.3 Å². The molecule has 0 bridgehead atoms. The molecule has 3 rings (SSSR count). The van der Waals surface area contributed by atoms with Crippen molar-refractivity contribution in [2.45, 2.75) is 13.5 Å². The first-order chi connectivity index (χ1) is 14.8. The lowest BCUT2D eigenvalue weighted by Crippen LogP contribution is -2.31. The number of methoxy groups -OCH3 is 1. The molecule has 0 atom stereocenters. The average Bonchev–Trinajstić information content (AvgIpc) is 3.34. The molecule has 0 fully saturated rings. The van der Waals surface area contributed by atoms with Gasteiger partial charge in [-0.1, -0.05) is 0 Å². The SMILES string of the molecule is COC(=O)C1=C(Nc2ccc(OCc3ccc(C(=O)O)o3)cc2C)C(=O)N(CCO)C1. The van der Waals surface area contributed by atoms with Crippen LogP contribution in [0.2, 0.25) is 0 Å². The van der Waals surface area contributed by atoms with Gasteiger partial charge in [-0.15, -0.1) is 0 Å². The van der Waals surface area contributed by atoms with Crippen LogP contribution in [0.4, 0.5) is 5.69 Å². The molecule has 0 aliphatic carbocycles. The topological polar surface area (TPSA) is 139 Å². The molecule has 1 aliphatic heterocycles. The van der Waals surface area contributed by atoms with E-state index in [9.17, 15) is 14.4 Å². The predicted octanol–water partition coefficient (Wildman–Crippen LogP) is 1.54. The van der Waals surface area contributed by atoms with E-state index in [2.05, 4.69) is 5.32 Å². The van der Waals surface area contributed by atoms with Crippen molar-refractivity contribution in [3.8, 4) is 5.75 Å². The zero-order valence-electron chi connectivity index (χ0n) is 17.0. The zero-order chi connectivity index (χ0) is 22.5. The van der Waals surface area contributed by atoms with Crippen LogP contribution in [0.15, 0.2) is 46.0 Å². The quantitative estimate of drug-likeness (QED) is 0.506. The van der Waals surface area contributed by atoms with Gasteiger partial charge in [0.1, 0.15) is 23.8 Å². The van der Waals surface area contributed by atoms with E-state index >= 15 is 0 Å². The number of nitrogens with zero attached hydrogens (tertiary/aromatic N) is 1. The zero-order valence-corrected chi connectivity index (χ0v) is 17.0. The third kappa shape index (κ3) is 4.86. The molecule has 2 aromatic rings. The number of amides is 1. The summed E-state index contributed by atoms with van der Waals surface area (Å²) in [6, 6.07) is 7.97. The van der Waals surface area contributed by atoms with Crippen LogP contribution in [0.5, 0.6) is 5.75 Å². The number of furan rings is 1. The van der Waals surface area contributed by atoms with E-state index in [1.54, 1.807) is 25.1 Å². The Morgan fingerprint density at radius 1 is 1.26 bits per heavy atom. The summed E-state index contributed by atoms with van der Waals surface area (Å²) in [7, 11) is 1.24. The Hall–Kier alpha value is -3.79. The molecule has 10 heteroatoms. The summed E-state index contributed by atoms with van der Waals surface area (Å²) < 4.78 is 15.6. The third-order valence-electron chi connectivity index (χ3n) is 4.66. The van der Waals surface area contributed by atoms with Crippen LogP contribution in [-0.2, 0) is 20.9 Å². The number of aliphatic hydroxyl groups excluding tert-OH is 1. The molecule has 10 nitrogen and oxygen atoms in total.